The number of nitrogens with one attached hydrogen (secondary N) is 1. The summed E-state index contributed by atoms with van der Waals surface area (Å²) in [6.07, 6.45) is 5.73. The Morgan fingerprint density at radius 1 is 1.30 bits per heavy atom. The van der Waals surface area contributed by atoms with Crippen molar-refractivity contribution < 1.29 is 9.59 Å². The monoisotopic (exact) mass is 299 g/mol. The maximum Gasteiger partial charge on any atom is 0.243 e. The number of nitrogens with zero attached hydrogens (tertiary/aromatic N) is 1. The van der Waals surface area contributed by atoms with Gasteiger partial charge in [-0.05, 0) is 26.7 Å². The lowest BCUT2D eigenvalue weighted by Crippen LogP contribution is -2.55. The zero-order chi connectivity index (χ0) is 14.8. The number of nitrogens with two attached hydrogens (primary N) is 1. The zero-order valence-electron chi connectivity index (χ0n) is 12.4. The van der Waals surface area contributed by atoms with Crippen molar-refractivity contribution in [2.75, 3.05) is 12.3 Å². The van der Waals surface area contributed by atoms with Crippen LogP contribution in [0.25, 0.3) is 0 Å². The fourth-order valence-electron chi connectivity index (χ4n) is 3.11. The van der Waals surface area contributed by atoms with Gasteiger partial charge in [-0.2, -0.15) is 0 Å². The summed E-state index contributed by atoms with van der Waals surface area (Å²) in [5.41, 5.74) is 5.49. The minimum atomic E-state index is -0.382. The lowest BCUT2D eigenvalue weighted by molar-refractivity contribution is -0.141. The number of carbonyl (C=O) groups is 2. The molecule has 1 saturated heterocycles. The van der Waals surface area contributed by atoms with Gasteiger partial charge in [-0.25, -0.2) is 0 Å². The van der Waals surface area contributed by atoms with Gasteiger partial charge in [-0.15, -0.1) is 11.8 Å². The van der Waals surface area contributed by atoms with Gasteiger partial charge in [0.1, 0.15) is 6.04 Å². The summed E-state index contributed by atoms with van der Waals surface area (Å²) in [6.45, 7) is 3.90. The highest BCUT2D eigenvalue weighted by atomic mass is 32.2. The van der Waals surface area contributed by atoms with E-state index >= 15 is 0 Å². The zero-order valence-corrected chi connectivity index (χ0v) is 13.2. The summed E-state index contributed by atoms with van der Waals surface area (Å²) in [4.78, 5) is 25.8. The lowest BCUT2D eigenvalue weighted by atomic mass is 9.95. The highest BCUT2D eigenvalue weighted by molar-refractivity contribution is 8.00. The molecule has 1 saturated carbocycles. The van der Waals surface area contributed by atoms with Gasteiger partial charge < -0.3 is 16.0 Å². The van der Waals surface area contributed by atoms with Gasteiger partial charge in [0.15, 0.2) is 0 Å². The Morgan fingerprint density at radius 3 is 2.55 bits per heavy atom. The van der Waals surface area contributed by atoms with Crippen molar-refractivity contribution in [1.82, 2.24) is 10.2 Å². The summed E-state index contributed by atoms with van der Waals surface area (Å²) in [5.74, 6) is 0.484. The van der Waals surface area contributed by atoms with E-state index < -0.39 is 0 Å². The van der Waals surface area contributed by atoms with E-state index in [4.69, 9.17) is 5.73 Å². The molecule has 1 heterocycles. The molecule has 0 radical (unpaired) electrons. The topological polar surface area (TPSA) is 75.4 Å². The second-order valence-corrected chi connectivity index (χ2v) is 7.71. The fourth-order valence-corrected chi connectivity index (χ4v) is 4.35. The molecule has 114 valence electrons. The molecule has 3 N–H and O–H groups in total. The van der Waals surface area contributed by atoms with E-state index in [1.165, 1.54) is 19.3 Å². The maximum absolute atomic E-state index is 12.5. The molecule has 6 heteroatoms. The SMILES string of the molecule is CC1(C)SCC(C(=O)NC2CCCCC2)N1C(=O)CN. The van der Waals surface area contributed by atoms with E-state index in [2.05, 4.69) is 5.32 Å². The Kier molecular flexibility index (Phi) is 4.96. The van der Waals surface area contributed by atoms with Crippen LogP contribution in [0.3, 0.4) is 0 Å². The Hall–Kier alpha value is -0.750. The van der Waals surface area contributed by atoms with E-state index in [9.17, 15) is 9.59 Å². The van der Waals surface area contributed by atoms with Gasteiger partial charge in [0.05, 0.1) is 11.4 Å². The Bertz CT molecular complexity index is 381. The highest BCUT2D eigenvalue weighted by Crippen LogP contribution is 2.38. The van der Waals surface area contributed by atoms with Crippen molar-refractivity contribution in [2.24, 2.45) is 5.73 Å². The standard InChI is InChI=1S/C14H25N3O2S/c1-14(2)17(12(18)8-15)11(9-20-14)13(19)16-10-6-4-3-5-7-10/h10-11H,3-9,15H2,1-2H3,(H,16,19). The number of thioether (sulfide) groups is 1. The van der Waals surface area contributed by atoms with Crippen LogP contribution in [0.15, 0.2) is 0 Å². The van der Waals surface area contributed by atoms with E-state index in [-0.39, 0.29) is 35.3 Å². The predicted octanol–water partition coefficient (Wildman–Crippen LogP) is 1.07. The Labute approximate surface area is 125 Å². The number of hydrogen-bond donors (Lipinski definition) is 2. The van der Waals surface area contributed by atoms with Crippen LogP contribution < -0.4 is 11.1 Å². The van der Waals surface area contributed by atoms with E-state index in [1.807, 2.05) is 13.8 Å². The summed E-state index contributed by atoms with van der Waals surface area (Å²) in [5, 5.41) is 3.12. The molecule has 0 bridgehead atoms. The van der Waals surface area contributed by atoms with Gasteiger partial charge >= 0.3 is 0 Å². The van der Waals surface area contributed by atoms with E-state index in [1.54, 1.807) is 16.7 Å². The number of amides is 2. The molecule has 1 unspecified atom stereocenters. The minimum Gasteiger partial charge on any atom is -0.352 e. The van der Waals surface area contributed by atoms with Crippen LogP contribution in [0.1, 0.15) is 46.0 Å². The molecule has 1 aliphatic carbocycles. The smallest absolute Gasteiger partial charge is 0.243 e. The van der Waals surface area contributed by atoms with E-state index in [0.717, 1.165) is 12.8 Å². The minimum absolute atomic E-state index is 0.0169. The molecule has 20 heavy (non-hydrogen) atoms. The first-order valence-electron chi connectivity index (χ1n) is 7.42. The Balaban J connectivity index is 2.02. The van der Waals surface area contributed by atoms with Crippen molar-refractivity contribution in [2.45, 2.75) is 62.9 Å². The average molecular weight is 299 g/mol. The average Bonchev–Trinajstić information content (AvgIpc) is 2.75. The van der Waals surface area contributed by atoms with Crippen LogP contribution in [0.5, 0.6) is 0 Å². The van der Waals surface area contributed by atoms with Crippen molar-refractivity contribution in [3.63, 3.8) is 0 Å². The molecule has 1 aliphatic heterocycles. The second kappa shape index (κ2) is 6.35. The Morgan fingerprint density at radius 2 is 1.95 bits per heavy atom. The molecule has 2 amide bonds. The number of hydrogen-bond acceptors (Lipinski definition) is 4. The molecule has 5 nitrogen and oxygen atoms in total. The molecule has 2 aliphatic rings. The van der Waals surface area contributed by atoms with Crippen LogP contribution in [0.4, 0.5) is 0 Å². The summed E-state index contributed by atoms with van der Waals surface area (Å²) < 4.78 is 0. The van der Waals surface area contributed by atoms with Crippen LogP contribution in [0.2, 0.25) is 0 Å². The summed E-state index contributed by atoms with van der Waals surface area (Å²) in [7, 11) is 0. The maximum atomic E-state index is 12.5. The van der Waals surface area contributed by atoms with Crippen LogP contribution in [-0.4, -0.2) is 46.0 Å². The van der Waals surface area contributed by atoms with Crippen LogP contribution >= 0.6 is 11.8 Å². The van der Waals surface area contributed by atoms with E-state index in [0.29, 0.717) is 5.75 Å². The molecule has 0 aromatic carbocycles. The van der Waals surface area contributed by atoms with Gasteiger partial charge in [0.2, 0.25) is 11.8 Å². The van der Waals surface area contributed by atoms with Gasteiger partial charge in [-0.1, -0.05) is 19.3 Å². The summed E-state index contributed by atoms with van der Waals surface area (Å²) in [6, 6.07) is -0.104. The quantitative estimate of drug-likeness (QED) is 0.817. The predicted molar refractivity (Wildman–Crippen MR) is 81.2 cm³/mol. The van der Waals surface area contributed by atoms with Crippen molar-refractivity contribution in [1.29, 1.82) is 0 Å². The summed E-state index contributed by atoms with van der Waals surface area (Å²) >= 11 is 1.64. The molecule has 1 atom stereocenters. The molecular weight excluding hydrogens is 274 g/mol. The molecule has 0 spiro atoms. The first-order chi connectivity index (χ1) is 9.45. The first kappa shape index (κ1) is 15.6. The third kappa shape index (κ3) is 3.28. The van der Waals surface area contributed by atoms with Crippen molar-refractivity contribution in [3.8, 4) is 0 Å². The fraction of sp³-hybridized carbons (Fsp3) is 0.857. The van der Waals surface area contributed by atoms with Crippen molar-refractivity contribution in [3.05, 3.63) is 0 Å². The van der Waals surface area contributed by atoms with Crippen molar-refractivity contribution >= 4 is 23.6 Å². The second-order valence-electron chi connectivity index (χ2n) is 6.08. The molecule has 2 fully saturated rings. The highest BCUT2D eigenvalue weighted by Gasteiger charge is 2.46. The number of carbonyl (C=O) groups excluding carboxylic acids is 2. The van der Waals surface area contributed by atoms with Crippen LogP contribution in [0, 0.1) is 0 Å². The van der Waals surface area contributed by atoms with Gasteiger partial charge in [-0.3, -0.25) is 9.59 Å². The molecule has 2 rings (SSSR count). The lowest BCUT2D eigenvalue weighted by Gasteiger charge is -2.34. The van der Waals surface area contributed by atoms with Gasteiger partial charge in [0.25, 0.3) is 0 Å². The molecule has 0 aromatic rings. The largest absolute Gasteiger partial charge is 0.352 e. The first-order valence-corrected chi connectivity index (χ1v) is 8.41. The van der Waals surface area contributed by atoms with Gasteiger partial charge in [0, 0.05) is 11.8 Å². The number of rotatable bonds is 3. The normalized spacial score (nSPS) is 26.6. The third-order valence-corrected chi connectivity index (χ3v) is 5.57. The van der Waals surface area contributed by atoms with Crippen LogP contribution in [-0.2, 0) is 9.59 Å². The molecular formula is C14H25N3O2S. The third-order valence-electron chi connectivity index (χ3n) is 4.18. The molecule has 0 aromatic heterocycles.